The van der Waals surface area contributed by atoms with Crippen LogP contribution in [0.3, 0.4) is 0 Å². The molecule has 2 aromatic carbocycles. The molecule has 0 atom stereocenters. The molecule has 4 nitrogen and oxygen atoms in total. The zero-order valence-corrected chi connectivity index (χ0v) is 12.0. The predicted octanol–water partition coefficient (Wildman–Crippen LogP) is 2.65. The van der Waals surface area contributed by atoms with Gasteiger partial charge in [0.2, 0.25) is 0 Å². The molecule has 112 valence electrons. The van der Waals surface area contributed by atoms with E-state index in [1.54, 1.807) is 0 Å². The maximum absolute atomic E-state index is 9.02. The molecule has 0 aliphatic heterocycles. The monoisotopic (exact) mass is 287 g/mol. The summed E-state index contributed by atoms with van der Waals surface area (Å²) in [4.78, 5) is 0. The third kappa shape index (κ3) is 4.68. The normalized spacial score (nSPS) is 10.3. The van der Waals surface area contributed by atoms with Crippen LogP contribution in [0.1, 0.15) is 12.0 Å². The van der Waals surface area contributed by atoms with Gasteiger partial charge in [-0.15, -0.1) is 0 Å². The van der Waals surface area contributed by atoms with Crippen LogP contribution in [0.15, 0.2) is 48.5 Å². The topological polar surface area (TPSA) is 64.7 Å². The molecule has 0 unspecified atom stereocenters. The minimum Gasteiger partial charge on any atom is -0.493 e. The highest BCUT2D eigenvalue weighted by Crippen LogP contribution is 2.20. The van der Waals surface area contributed by atoms with Gasteiger partial charge in [0.05, 0.1) is 18.9 Å². The average Bonchev–Trinajstić information content (AvgIpc) is 2.50. The molecule has 0 radical (unpaired) electrons. The van der Waals surface area contributed by atoms with Crippen molar-refractivity contribution in [3.63, 3.8) is 0 Å². The van der Waals surface area contributed by atoms with E-state index in [4.69, 9.17) is 20.3 Å². The maximum Gasteiger partial charge on any atom is 0.142 e. The van der Waals surface area contributed by atoms with E-state index in [2.05, 4.69) is 0 Å². The van der Waals surface area contributed by atoms with Crippen LogP contribution in [0.2, 0.25) is 0 Å². The summed E-state index contributed by atoms with van der Waals surface area (Å²) in [5.74, 6) is 1.53. The zero-order valence-electron chi connectivity index (χ0n) is 12.0. The highest BCUT2D eigenvalue weighted by Gasteiger charge is 2.02. The quantitative estimate of drug-likeness (QED) is 0.578. The summed E-state index contributed by atoms with van der Waals surface area (Å²) < 4.78 is 11.3. The van der Waals surface area contributed by atoms with Crippen LogP contribution < -0.4 is 15.2 Å². The van der Waals surface area contributed by atoms with Crippen molar-refractivity contribution >= 4 is 5.69 Å². The Hall–Kier alpha value is -2.20. The van der Waals surface area contributed by atoms with Gasteiger partial charge in [-0.3, -0.25) is 0 Å². The Morgan fingerprint density at radius 3 is 2.19 bits per heavy atom. The molecule has 3 N–H and O–H groups in total. The summed E-state index contributed by atoms with van der Waals surface area (Å²) in [6.45, 7) is 1.24. The summed E-state index contributed by atoms with van der Waals surface area (Å²) in [7, 11) is 0. The minimum atomic E-state index is 0.122. The minimum absolute atomic E-state index is 0.122. The van der Waals surface area contributed by atoms with E-state index in [1.165, 1.54) is 0 Å². The number of hydrogen-bond donors (Lipinski definition) is 2. The smallest absolute Gasteiger partial charge is 0.142 e. The average molecular weight is 287 g/mol. The molecule has 0 spiro atoms. The molecule has 0 amide bonds. The molecule has 2 aromatic rings. The first-order valence-electron chi connectivity index (χ1n) is 7.10. The second kappa shape index (κ2) is 8.17. The van der Waals surface area contributed by atoms with Crippen LogP contribution in [0.4, 0.5) is 5.69 Å². The maximum atomic E-state index is 9.02. The third-order valence-corrected chi connectivity index (χ3v) is 3.08. The summed E-state index contributed by atoms with van der Waals surface area (Å²) >= 11 is 0. The van der Waals surface area contributed by atoms with Gasteiger partial charge in [-0.25, -0.2) is 0 Å². The zero-order chi connectivity index (χ0) is 14.9. The summed E-state index contributed by atoms with van der Waals surface area (Å²) in [5, 5.41) is 9.02. The van der Waals surface area contributed by atoms with Gasteiger partial charge in [0.15, 0.2) is 0 Å². The number of benzene rings is 2. The Balaban J connectivity index is 1.74. The lowest BCUT2D eigenvalue weighted by Crippen LogP contribution is -2.07. The molecule has 0 bridgehead atoms. The number of nitrogens with two attached hydrogens (primary N) is 1. The van der Waals surface area contributed by atoms with Gasteiger partial charge < -0.3 is 20.3 Å². The summed E-state index contributed by atoms with van der Waals surface area (Å²) in [6, 6.07) is 15.2. The molecule has 0 aliphatic rings. The van der Waals surface area contributed by atoms with Crippen molar-refractivity contribution in [2.75, 3.05) is 25.6 Å². The van der Waals surface area contributed by atoms with Crippen molar-refractivity contribution in [1.29, 1.82) is 0 Å². The Bertz CT molecular complexity index is 557. The second-order valence-corrected chi connectivity index (χ2v) is 4.67. The largest absolute Gasteiger partial charge is 0.493 e. The number of nitrogen functional groups attached to an aromatic ring is 1. The summed E-state index contributed by atoms with van der Waals surface area (Å²) in [5.41, 5.74) is 7.47. The van der Waals surface area contributed by atoms with Crippen LogP contribution in [0.25, 0.3) is 0 Å². The molecule has 0 heterocycles. The SMILES string of the molecule is Nc1ccccc1OCCCOc1ccccc1CCO. The Kier molecular flexibility index (Phi) is 5.91. The Labute approximate surface area is 125 Å². The molecule has 2 rings (SSSR count). The standard InChI is InChI=1S/C17H21NO3/c18-15-7-2-4-9-17(15)21-13-5-12-20-16-8-3-1-6-14(16)10-11-19/h1-4,6-9,19H,5,10-13,18H2. The second-order valence-electron chi connectivity index (χ2n) is 4.67. The highest BCUT2D eigenvalue weighted by atomic mass is 16.5. The molecule has 0 aromatic heterocycles. The lowest BCUT2D eigenvalue weighted by atomic mass is 10.1. The van der Waals surface area contributed by atoms with E-state index >= 15 is 0 Å². The van der Waals surface area contributed by atoms with E-state index in [1.807, 2.05) is 48.5 Å². The highest BCUT2D eigenvalue weighted by molar-refractivity contribution is 5.51. The first kappa shape index (κ1) is 15.2. The van der Waals surface area contributed by atoms with Crippen molar-refractivity contribution in [1.82, 2.24) is 0 Å². The van der Waals surface area contributed by atoms with Crippen LogP contribution >= 0.6 is 0 Å². The van der Waals surface area contributed by atoms with Crippen LogP contribution in [0, 0.1) is 0 Å². The third-order valence-electron chi connectivity index (χ3n) is 3.08. The lowest BCUT2D eigenvalue weighted by molar-refractivity contribution is 0.244. The molecule has 4 heteroatoms. The number of para-hydroxylation sites is 3. The van der Waals surface area contributed by atoms with E-state index < -0.39 is 0 Å². The van der Waals surface area contributed by atoms with Gasteiger partial charge >= 0.3 is 0 Å². The van der Waals surface area contributed by atoms with E-state index in [9.17, 15) is 0 Å². The van der Waals surface area contributed by atoms with Gasteiger partial charge in [0.25, 0.3) is 0 Å². The van der Waals surface area contributed by atoms with E-state index in [0.717, 1.165) is 17.7 Å². The van der Waals surface area contributed by atoms with Crippen molar-refractivity contribution < 1.29 is 14.6 Å². The fraction of sp³-hybridized carbons (Fsp3) is 0.294. The number of hydrogen-bond acceptors (Lipinski definition) is 4. The van der Waals surface area contributed by atoms with Crippen molar-refractivity contribution in [3.05, 3.63) is 54.1 Å². The first-order valence-corrected chi connectivity index (χ1v) is 7.10. The molecular formula is C17H21NO3. The number of aliphatic hydroxyl groups excluding tert-OH is 1. The van der Waals surface area contributed by atoms with Crippen LogP contribution in [-0.2, 0) is 6.42 Å². The molecule has 0 saturated heterocycles. The molecule has 0 fully saturated rings. The summed E-state index contributed by atoms with van der Waals surface area (Å²) in [6.07, 6.45) is 1.37. The molecule has 0 saturated carbocycles. The van der Waals surface area contributed by atoms with E-state index in [-0.39, 0.29) is 6.61 Å². The predicted molar refractivity (Wildman–Crippen MR) is 83.7 cm³/mol. The van der Waals surface area contributed by atoms with Gasteiger partial charge in [0.1, 0.15) is 11.5 Å². The Morgan fingerprint density at radius 2 is 1.48 bits per heavy atom. The number of aliphatic hydroxyl groups is 1. The number of anilines is 1. The molecular weight excluding hydrogens is 266 g/mol. The fourth-order valence-electron chi connectivity index (χ4n) is 2.01. The van der Waals surface area contributed by atoms with Gasteiger partial charge in [-0.05, 0) is 30.2 Å². The van der Waals surface area contributed by atoms with Crippen LogP contribution in [0.5, 0.6) is 11.5 Å². The van der Waals surface area contributed by atoms with Gasteiger partial charge in [0, 0.05) is 13.0 Å². The fourth-order valence-corrected chi connectivity index (χ4v) is 2.01. The lowest BCUT2D eigenvalue weighted by Gasteiger charge is -2.12. The van der Waals surface area contributed by atoms with Crippen molar-refractivity contribution in [3.8, 4) is 11.5 Å². The van der Waals surface area contributed by atoms with Crippen LogP contribution in [-0.4, -0.2) is 24.9 Å². The first-order chi connectivity index (χ1) is 10.3. The number of rotatable bonds is 8. The number of ether oxygens (including phenoxy) is 2. The Morgan fingerprint density at radius 1 is 0.857 bits per heavy atom. The van der Waals surface area contributed by atoms with E-state index in [0.29, 0.717) is 31.1 Å². The molecule has 21 heavy (non-hydrogen) atoms. The van der Waals surface area contributed by atoms with Gasteiger partial charge in [-0.2, -0.15) is 0 Å². The van der Waals surface area contributed by atoms with Gasteiger partial charge in [-0.1, -0.05) is 30.3 Å². The molecule has 0 aliphatic carbocycles. The van der Waals surface area contributed by atoms with Crippen molar-refractivity contribution in [2.24, 2.45) is 0 Å². The van der Waals surface area contributed by atoms with Crippen molar-refractivity contribution in [2.45, 2.75) is 12.8 Å².